The molecule has 0 aromatic heterocycles. The van der Waals surface area contributed by atoms with E-state index in [1.807, 2.05) is 21.1 Å². The Morgan fingerprint density at radius 3 is 1.14 bits per heavy atom. The van der Waals surface area contributed by atoms with Gasteiger partial charge in [0.2, 0.25) is 0 Å². The number of quaternary nitrogens is 1. The van der Waals surface area contributed by atoms with Gasteiger partial charge in [0.25, 0.3) is 0 Å². The van der Waals surface area contributed by atoms with E-state index < -0.39 is 24.3 Å². The molecule has 0 aliphatic rings. The summed E-state index contributed by atoms with van der Waals surface area (Å²) in [6.07, 6.45) is 79.0. The Morgan fingerprint density at radius 2 is 0.750 bits per heavy atom. The van der Waals surface area contributed by atoms with Gasteiger partial charge < -0.3 is 33.3 Å². The summed E-state index contributed by atoms with van der Waals surface area (Å²) in [7, 11) is 5.89. The van der Waals surface area contributed by atoms with E-state index in [2.05, 4.69) is 160 Å². The van der Waals surface area contributed by atoms with Crippen LogP contribution in [-0.4, -0.2) is 82.3 Å². The molecule has 0 radical (unpaired) electrons. The number of ether oxygens (including phenoxy) is 4. The molecule has 0 aliphatic carbocycles. The van der Waals surface area contributed by atoms with Gasteiger partial charge in [-0.05, 0) is 122 Å². The highest BCUT2D eigenvalue weighted by molar-refractivity contribution is 5.70. The minimum Gasteiger partial charge on any atom is -0.545 e. The lowest BCUT2D eigenvalue weighted by molar-refractivity contribution is -0.870. The molecular weight excluding hydrogens is 947 g/mol. The molecule has 0 aromatic rings. The number of likely N-dealkylation sites (N-methyl/N-ethyl adjacent to an activating group) is 1. The van der Waals surface area contributed by atoms with Crippen molar-refractivity contribution in [2.45, 2.75) is 212 Å². The van der Waals surface area contributed by atoms with Crippen molar-refractivity contribution in [3.05, 3.63) is 146 Å². The van der Waals surface area contributed by atoms with Crippen LogP contribution in [0.2, 0.25) is 0 Å². The first kappa shape index (κ1) is 71.2. The standard InChI is InChI=1S/C67H107NO8/c1-6-8-10-12-14-16-18-20-22-23-24-25-26-27-28-29-30-31-32-33-34-35-36-37-38-39-40-41-42-43-44-46-48-50-52-54-56-58-65(70)76-63(62-75-67(66(71)72)73-60-59-68(3,4)5)61-74-64(69)57-55-53-51-49-47-45-21-19-17-15-13-11-9-7-2/h8,10,14,16,19-22,24-25,27-28,30-31,33-34,36-37,39-40,42-43,46,48,63,67H,6-7,9,11-13,15,17-18,23,26,29,32,35,38,41,44-45,47,49-62H2,1-5H3/b10-8-,16-14-,21-19-,22-20-,25-24-,28-27-,31-30-,34-33-,37-36-,40-39-,43-42-,48-46-. The molecule has 0 bridgehead atoms. The molecule has 0 saturated carbocycles. The number of carboxylic acid groups (broad SMARTS) is 1. The fraction of sp³-hybridized carbons (Fsp3) is 0.597. The Bertz CT molecular complexity index is 1750. The number of aliphatic carboxylic acids is 1. The van der Waals surface area contributed by atoms with Crippen LogP contribution in [0, 0.1) is 0 Å². The van der Waals surface area contributed by atoms with Gasteiger partial charge in [-0.1, -0.05) is 211 Å². The predicted molar refractivity (Wildman–Crippen MR) is 319 cm³/mol. The molecule has 9 heteroatoms. The fourth-order valence-electron chi connectivity index (χ4n) is 7.30. The van der Waals surface area contributed by atoms with Crippen LogP contribution in [0.15, 0.2) is 146 Å². The predicted octanol–water partition coefficient (Wildman–Crippen LogP) is 16.3. The molecule has 0 spiro atoms. The number of rotatable bonds is 52. The monoisotopic (exact) mass is 1050 g/mol. The molecule has 0 amide bonds. The summed E-state index contributed by atoms with van der Waals surface area (Å²) in [5.41, 5.74) is 0. The van der Waals surface area contributed by atoms with Gasteiger partial charge in [0, 0.05) is 12.8 Å². The number of hydrogen-bond acceptors (Lipinski definition) is 8. The van der Waals surface area contributed by atoms with E-state index in [1.54, 1.807) is 0 Å². The number of unbranched alkanes of at least 4 members (excludes halogenated alkanes) is 13. The zero-order valence-corrected chi connectivity index (χ0v) is 48.6. The lowest BCUT2D eigenvalue weighted by Gasteiger charge is -2.26. The first-order valence-electron chi connectivity index (χ1n) is 29.5. The molecular formula is C67H107NO8. The molecule has 2 unspecified atom stereocenters. The van der Waals surface area contributed by atoms with E-state index in [0.29, 0.717) is 17.4 Å². The quantitative estimate of drug-likeness (QED) is 0.0195. The third kappa shape index (κ3) is 56.9. The molecule has 0 N–H and O–H groups in total. The van der Waals surface area contributed by atoms with Gasteiger partial charge in [0.05, 0.1) is 40.3 Å². The van der Waals surface area contributed by atoms with Crippen molar-refractivity contribution < 1.29 is 42.9 Å². The van der Waals surface area contributed by atoms with Crippen molar-refractivity contribution >= 4 is 17.9 Å². The number of nitrogens with zero attached hydrogens (tertiary/aromatic N) is 1. The lowest BCUT2D eigenvalue weighted by atomic mass is 10.1. The van der Waals surface area contributed by atoms with Crippen LogP contribution in [0.4, 0.5) is 0 Å². The van der Waals surface area contributed by atoms with E-state index >= 15 is 0 Å². The molecule has 0 aromatic carbocycles. The molecule has 76 heavy (non-hydrogen) atoms. The van der Waals surface area contributed by atoms with E-state index in [9.17, 15) is 19.5 Å². The Balaban J connectivity index is 4.31. The highest BCUT2D eigenvalue weighted by Gasteiger charge is 2.22. The van der Waals surface area contributed by atoms with Gasteiger partial charge in [-0.25, -0.2) is 0 Å². The lowest BCUT2D eigenvalue weighted by Crippen LogP contribution is -2.44. The molecule has 0 fully saturated rings. The third-order valence-corrected chi connectivity index (χ3v) is 11.8. The Morgan fingerprint density at radius 1 is 0.408 bits per heavy atom. The van der Waals surface area contributed by atoms with Crippen molar-refractivity contribution in [2.75, 3.05) is 47.5 Å². The maximum absolute atomic E-state index is 12.8. The first-order valence-corrected chi connectivity index (χ1v) is 29.5. The summed E-state index contributed by atoms with van der Waals surface area (Å²) < 4.78 is 22.6. The number of carbonyl (C=O) groups is 3. The molecule has 428 valence electrons. The fourth-order valence-corrected chi connectivity index (χ4v) is 7.30. The second-order valence-electron chi connectivity index (χ2n) is 20.2. The van der Waals surface area contributed by atoms with Gasteiger partial charge in [-0.2, -0.15) is 0 Å². The molecule has 9 nitrogen and oxygen atoms in total. The van der Waals surface area contributed by atoms with Crippen LogP contribution in [-0.2, 0) is 33.3 Å². The highest BCUT2D eigenvalue weighted by atomic mass is 16.7. The van der Waals surface area contributed by atoms with Crippen LogP contribution < -0.4 is 5.11 Å². The van der Waals surface area contributed by atoms with Crippen molar-refractivity contribution in [3.63, 3.8) is 0 Å². The second-order valence-corrected chi connectivity index (χ2v) is 20.2. The maximum atomic E-state index is 12.8. The molecule has 0 heterocycles. The summed E-state index contributed by atoms with van der Waals surface area (Å²) in [4.78, 5) is 37.2. The van der Waals surface area contributed by atoms with Crippen molar-refractivity contribution in [2.24, 2.45) is 0 Å². The summed E-state index contributed by atoms with van der Waals surface area (Å²) in [6, 6.07) is 0. The van der Waals surface area contributed by atoms with Crippen LogP contribution in [0.25, 0.3) is 0 Å². The molecule has 2 atom stereocenters. The normalized spacial score (nSPS) is 13.9. The van der Waals surface area contributed by atoms with E-state index in [-0.39, 0.29) is 38.6 Å². The maximum Gasteiger partial charge on any atom is 0.306 e. The third-order valence-electron chi connectivity index (χ3n) is 11.8. The Labute approximate surface area is 464 Å². The highest BCUT2D eigenvalue weighted by Crippen LogP contribution is 2.12. The molecule has 0 saturated heterocycles. The average Bonchev–Trinajstić information content (AvgIpc) is 3.39. The second kappa shape index (κ2) is 56.4. The molecule has 0 rings (SSSR count). The van der Waals surface area contributed by atoms with Crippen LogP contribution in [0.5, 0.6) is 0 Å². The number of allylic oxidation sites excluding steroid dienone is 24. The minimum absolute atomic E-state index is 0.132. The van der Waals surface area contributed by atoms with Crippen molar-refractivity contribution in [1.29, 1.82) is 0 Å². The number of hydrogen-bond donors (Lipinski definition) is 0. The van der Waals surface area contributed by atoms with Gasteiger partial charge in [0.1, 0.15) is 13.2 Å². The van der Waals surface area contributed by atoms with Gasteiger partial charge in [0.15, 0.2) is 12.4 Å². The summed E-state index contributed by atoms with van der Waals surface area (Å²) in [5, 5.41) is 11.8. The van der Waals surface area contributed by atoms with Gasteiger partial charge in [-0.15, -0.1) is 0 Å². The average molecular weight is 1050 g/mol. The summed E-state index contributed by atoms with van der Waals surface area (Å²) >= 11 is 0. The molecule has 0 aliphatic heterocycles. The smallest absolute Gasteiger partial charge is 0.306 e. The first-order chi connectivity index (χ1) is 37.1. The SMILES string of the molecule is CC/C=C\C/C=C\C/C=C\C/C=C\C/C=C\C/C=C\C/C=C\C/C=C\C/C=C\C/C=C\C/C=C\CCCCCC(=O)OC(COC(=O)CCCCCCC/C=C\CCCCCCC)COC(OCC[N+](C)(C)C)C(=O)[O-]. The number of esters is 2. The van der Waals surface area contributed by atoms with Crippen molar-refractivity contribution in [1.82, 2.24) is 0 Å². The minimum atomic E-state index is -1.64. The van der Waals surface area contributed by atoms with Crippen LogP contribution in [0.3, 0.4) is 0 Å². The number of carbonyl (C=O) groups excluding carboxylic acids is 3. The van der Waals surface area contributed by atoms with Gasteiger partial charge in [-0.3, -0.25) is 9.59 Å². The topological polar surface area (TPSA) is 111 Å². The summed E-state index contributed by atoms with van der Waals surface area (Å²) in [6.45, 7) is 4.54. The van der Waals surface area contributed by atoms with Crippen LogP contribution >= 0.6 is 0 Å². The largest absolute Gasteiger partial charge is 0.545 e. The number of carboxylic acids is 1. The van der Waals surface area contributed by atoms with Gasteiger partial charge >= 0.3 is 11.9 Å². The van der Waals surface area contributed by atoms with Crippen molar-refractivity contribution in [3.8, 4) is 0 Å². The zero-order valence-electron chi connectivity index (χ0n) is 48.6. The van der Waals surface area contributed by atoms with Crippen LogP contribution in [0.1, 0.15) is 200 Å². The van der Waals surface area contributed by atoms with E-state index in [0.717, 1.165) is 128 Å². The Kier molecular flexibility index (Phi) is 52.8. The van der Waals surface area contributed by atoms with E-state index in [1.165, 1.54) is 38.5 Å². The Hall–Kier alpha value is -4.83. The zero-order chi connectivity index (χ0) is 55.5. The van der Waals surface area contributed by atoms with E-state index in [4.69, 9.17) is 18.9 Å². The summed E-state index contributed by atoms with van der Waals surface area (Å²) in [5.74, 6) is -2.36.